The molecule has 3 rings (SSSR count). The van der Waals surface area contributed by atoms with Crippen molar-refractivity contribution < 1.29 is 10.2 Å². The van der Waals surface area contributed by atoms with Gasteiger partial charge in [-0.1, -0.05) is 45.0 Å². The molecule has 0 saturated heterocycles. The SMILES string of the molecule is CC(C)(C)c1ccc(-c2nc3n(c(=NCCCO)n2)CC(O)=C3)cc1. The van der Waals surface area contributed by atoms with Crippen LogP contribution in [0.2, 0.25) is 0 Å². The van der Waals surface area contributed by atoms with Crippen molar-refractivity contribution in [1.29, 1.82) is 0 Å². The lowest BCUT2D eigenvalue weighted by atomic mass is 9.87. The van der Waals surface area contributed by atoms with Gasteiger partial charge in [0.25, 0.3) is 0 Å². The highest BCUT2D eigenvalue weighted by Gasteiger charge is 2.17. The van der Waals surface area contributed by atoms with Gasteiger partial charge >= 0.3 is 0 Å². The van der Waals surface area contributed by atoms with Crippen molar-refractivity contribution in [3.05, 3.63) is 47.0 Å². The summed E-state index contributed by atoms with van der Waals surface area (Å²) in [5.41, 5.74) is 2.77. The second-order valence-electron chi connectivity index (χ2n) is 7.21. The Balaban J connectivity index is 2.03. The molecule has 25 heavy (non-hydrogen) atoms. The van der Waals surface area contributed by atoms with Gasteiger partial charge in [-0.3, -0.25) is 9.56 Å². The molecular formula is C19H24N4O2. The number of hydrogen-bond acceptors (Lipinski definition) is 5. The average Bonchev–Trinajstić information content (AvgIpc) is 2.94. The van der Waals surface area contributed by atoms with E-state index in [0.717, 1.165) is 5.56 Å². The standard InChI is InChI=1S/C19H24N4O2/c1-19(2,3)14-7-5-13(6-8-14)17-21-16-11-15(25)12-23(16)18(22-17)20-9-4-10-24/h5-8,11,24-25H,4,9-10,12H2,1-3H3. The number of aliphatic hydroxyl groups excluding tert-OH is 2. The van der Waals surface area contributed by atoms with Crippen LogP contribution in [0.1, 0.15) is 38.6 Å². The van der Waals surface area contributed by atoms with Crippen LogP contribution >= 0.6 is 0 Å². The fraction of sp³-hybridized carbons (Fsp3) is 0.421. The zero-order chi connectivity index (χ0) is 18.0. The summed E-state index contributed by atoms with van der Waals surface area (Å²) in [7, 11) is 0. The van der Waals surface area contributed by atoms with E-state index in [9.17, 15) is 5.11 Å². The first kappa shape index (κ1) is 17.4. The Morgan fingerprint density at radius 1 is 1.16 bits per heavy atom. The molecule has 0 bridgehead atoms. The lowest BCUT2D eigenvalue weighted by Gasteiger charge is -2.19. The Morgan fingerprint density at radius 3 is 2.52 bits per heavy atom. The average molecular weight is 340 g/mol. The molecule has 0 spiro atoms. The molecule has 0 radical (unpaired) electrons. The minimum absolute atomic E-state index is 0.0893. The Hall–Kier alpha value is -2.47. The van der Waals surface area contributed by atoms with Crippen molar-refractivity contribution >= 4 is 6.08 Å². The third-order valence-corrected chi connectivity index (χ3v) is 4.14. The molecular weight excluding hydrogens is 316 g/mol. The molecule has 6 nitrogen and oxygen atoms in total. The molecule has 0 saturated carbocycles. The zero-order valence-corrected chi connectivity index (χ0v) is 14.9. The van der Waals surface area contributed by atoms with Gasteiger partial charge in [0.1, 0.15) is 11.6 Å². The van der Waals surface area contributed by atoms with E-state index in [0.29, 0.717) is 36.8 Å². The number of aliphatic hydroxyl groups is 2. The Kier molecular flexibility index (Phi) is 4.72. The van der Waals surface area contributed by atoms with Gasteiger partial charge in [0.15, 0.2) is 5.82 Å². The summed E-state index contributed by atoms with van der Waals surface area (Å²) in [6.45, 7) is 7.43. The molecule has 1 aliphatic rings. The molecule has 0 fully saturated rings. The molecule has 132 valence electrons. The van der Waals surface area contributed by atoms with E-state index >= 15 is 0 Å². The van der Waals surface area contributed by atoms with Crippen LogP contribution in [-0.2, 0) is 12.0 Å². The molecule has 1 aromatic carbocycles. The molecule has 1 aromatic heterocycles. The minimum atomic E-state index is 0.0893. The molecule has 0 amide bonds. The van der Waals surface area contributed by atoms with Crippen molar-refractivity contribution in [2.24, 2.45) is 4.99 Å². The number of allylic oxidation sites excluding steroid dienone is 1. The molecule has 0 atom stereocenters. The largest absolute Gasteiger partial charge is 0.510 e. The Morgan fingerprint density at radius 2 is 1.88 bits per heavy atom. The lowest BCUT2D eigenvalue weighted by molar-refractivity contribution is 0.290. The molecule has 0 aliphatic carbocycles. The fourth-order valence-corrected chi connectivity index (χ4v) is 2.69. The number of hydrogen-bond donors (Lipinski definition) is 2. The molecule has 2 heterocycles. The maximum atomic E-state index is 9.82. The topological polar surface area (TPSA) is 83.5 Å². The van der Waals surface area contributed by atoms with Crippen LogP contribution in [0.25, 0.3) is 17.5 Å². The summed E-state index contributed by atoms with van der Waals surface area (Å²) in [6, 6.07) is 8.22. The van der Waals surface area contributed by atoms with Crippen LogP contribution in [-0.4, -0.2) is 37.9 Å². The van der Waals surface area contributed by atoms with Gasteiger partial charge in [-0.2, -0.15) is 4.98 Å². The molecule has 6 heteroatoms. The molecule has 1 aliphatic heterocycles. The van der Waals surface area contributed by atoms with Crippen molar-refractivity contribution in [2.45, 2.75) is 39.2 Å². The smallest absolute Gasteiger partial charge is 0.228 e. The van der Waals surface area contributed by atoms with E-state index in [4.69, 9.17) is 5.11 Å². The summed E-state index contributed by atoms with van der Waals surface area (Å²) >= 11 is 0. The van der Waals surface area contributed by atoms with E-state index in [2.05, 4.69) is 47.9 Å². The zero-order valence-electron chi connectivity index (χ0n) is 14.9. The highest BCUT2D eigenvalue weighted by Crippen LogP contribution is 2.25. The summed E-state index contributed by atoms with van der Waals surface area (Å²) in [6.07, 6.45) is 2.22. The van der Waals surface area contributed by atoms with Gasteiger partial charge in [-0.05, 0) is 17.4 Å². The monoisotopic (exact) mass is 340 g/mol. The van der Waals surface area contributed by atoms with E-state index in [1.165, 1.54) is 5.56 Å². The van der Waals surface area contributed by atoms with Gasteiger partial charge in [0, 0.05) is 24.8 Å². The number of nitrogens with zero attached hydrogens (tertiary/aromatic N) is 4. The van der Waals surface area contributed by atoms with Crippen molar-refractivity contribution in [3.63, 3.8) is 0 Å². The first-order valence-electron chi connectivity index (χ1n) is 8.49. The fourth-order valence-electron chi connectivity index (χ4n) is 2.69. The van der Waals surface area contributed by atoms with Crippen LogP contribution in [0.3, 0.4) is 0 Å². The van der Waals surface area contributed by atoms with Crippen molar-refractivity contribution in [1.82, 2.24) is 14.5 Å². The van der Waals surface area contributed by atoms with Gasteiger partial charge in [-0.15, -0.1) is 0 Å². The number of rotatable bonds is 4. The number of fused-ring (bicyclic) bond motifs is 1. The van der Waals surface area contributed by atoms with Crippen molar-refractivity contribution in [3.8, 4) is 11.4 Å². The predicted molar refractivity (Wildman–Crippen MR) is 96.9 cm³/mol. The van der Waals surface area contributed by atoms with E-state index in [1.807, 2.05) is 12.1 Å². The van der Waals surface area contributed by atoms with Gasteiger partial charge in [0.2, 0.25) is 5.62 Å². The Bertz CT molecular complexity index is 858. The highest BCUT2D eigenvalue weighted by atomic mass is 16.3. The van der Waals surface area contributed by atoms with Crippen LogP contribution < -0.4 is 5.62 Å². The van der Waals surface area contributed by atoms with E-state index in [-0.39, 0.29) is 17.8 Å². The van der Waals surface area contributed by atoms with Crippen molar-refractivity contribution in [2.75, 3.05) is 13.2 Å². The summed E-state index contributed by atoms with van der Waals surface area (Å²) in [5.74, 6) is 1.47. The normalized spacial score (nSPS) is 14.6. The molecule has 0 unspecified atom stereocenters. The van der Waals surface area contributed by atoms with Gasteiger partial charge in [0.05, 0.1) is 6.54 Å². The summed E-state index contributed by atoms with van der Waals surface area (Å²) in [5, 5.41) is 18.8. The number of aromatic nitrogens is 3. The minimum Gasteiger partial charge on any atom is -0.510 e. The lowest BCUT2D eigenvalue weighted by Crippen LogP contribution is -2.27. The first-order chi connectivity index (χ1) is 11.9. The molecule has 2 aromatic rings. The maximum absolute atomic E-state index is 9.82. The Labute approximate surface area is 147 Å². The maximum Gasteiger partial charge on any atom is 0.228 e. The van der Waals surface area contributed by atoms with Crippen LogP contribution in [0.5, 0.6) is 0 Å². The summed E-state index contributed by atoms with van der Waals surface area (Å²) in [4.78, 5) is 13.6. The first-order valence-corrected chi connectivity index (χ1v) is 8.49. The molecule has 2 N–H and O–H groups in total. The summed E-state index contributed by atoms with van der Waals surface area (Å²) < 4.78 is 1.78. The third kappa shape index (κ3) is 3.79. The van der Waals surface area contributed by atoms with Crippen LogP contribution in [0.4, 0.5) is 0 Å². The number of benzene rings is 1. The van der Waals surface area contributed by atoms with E-state index in [1.54, 1.807) is 10.6 Å². The van der Waals surface area contributed by atoms with Gasteiger partial charge < -0.3 is 10.2 Å². The van der Waals surface area contributed by atoms with Crippen LogP contribution in [0.15, 0.2) is 35.0 Å². The van der Waals surface area contributed by atoms with Gasteiger partial charge in [-0.25, -0.2) is 4.98 Å². The second kappa shape index (κ2) is 6.80. The quantitative estimate of drug-likeness (QED) is 0.838. The van der Waals surface area contributed by atoms with Crippen LogP contribution in [0, 0.1) is 0 Å². The van der Waals surface area contributed by atoms with E-state index < -0.39 is 0 Å². The highest BCUT2D eigenvalue weighted by molar-refractivity contribution is 5.58. The third-order valence-electron chi connectivity index (χ3n) is 4.14. The second-order valence-corrected chi connectivity index (χ2v) is 7.21. The predicted octanol–water partition coefficient (Wildman–Crippen LogP) is 2.44.